The maximum absolute atomic E-state index is 11.8. The normalized spacial score (nSPS) is 16.4. The van der Waals surface area contributed by atoms with Crippen molar-refractivity contribution in [3.63, 3.8) is 0 Å². The van der Waals surface area contributed by atoms with E-state index in [9.17, 15) is 9.59 Å². The van der Waals surface area contributed by atoms with Crippen LogP contribution in [-0.2, 0) is 14.3 Å². The standard InChI is InChI=1S/C16H18ClNO4/c1-21-14-7-6-12(17)9-13(14)18-15(19)10-22-16(20)8-11-4-2-3-5-11/h2,4,6-7,9,11H,3,5,8,10H2,1H3,(H,18,19)/t11-/m0/s1. The molecule has 1 aromatic carbocycles. The Bertz CT molecular complexity index is 586. The van der Waals surface area contributed by atoms with Gasteiger partial charge in [0.15, 0.2) is 6.61 Å². The van der Waals surface area contributed by atoms with Gasteiger partial charge in [0.2, 0.25) is 0 Å². The van der Waals surface area contributed by atoms with Gasteiger partial charge in [-0.05, 0) is 37.0 Å². The fraction of sp³-hybridized carbons (Fsp3) is 0.375. The van der Waals surface area contributed by atoms with Crippen molar-refractivity contribution in [3.05, 3.63) is 35.4 Å². The minimum Gasteiger partial charge on any atom is -0.495 e. The summed E-state index contributed by atoms with van der Waals surface area (Å²) >= 11 is 5.88. The Labute approximate surface area is 134 Å². The molecule has 0 radical (unpaired) electrons. The van der Waals surface area contributed by atoms with E-state index in [1.165, 1.54) is 7.11 Å². The highest BCUT2D eigenvalue weighted by atomic mass is 35.5. The molecule has 0 heterocycles. The molecule has 0 bridgehead atoms. The van der Waals surface area contributed by atoms with Crippen molar-refractivity contribution in [3.8, 4) is 5.75 Å². The number of methoxy groups -OCH3 is 1. The van der Waals surface area contributed by atoms with E-state index in [-0.39, 0.29) is 18.5 Å². The fourth-order valence-electron chi connectivity index (χ4n) is 2.25. The third kappa shape index (κ3) is 4.77. The SMILES string of the molecule is COc1ccc(Cl)cc1NC(=O)COC(=O)C[C@H]1C=CCC1. The van der Waals surface area contributed by atoms with Crippen LogP contribution in [0.4, 0.5) is 5.69 Å². The highest BCUT2D eigenvalue weighted by Crippen LogP contribution is 2.27. The van der Waals surface area contributed by atoms with Crippen LogP contribution in [0.1, 0.15) is 19.3 Å². The lowest BCUT2D eigenvalue weighted by molar-refractivity contribution is -0.147. The minimum absolute atomic E-state index is 0.226. The van der Waals surface area contributed by atoms with Crippen molar-refractivity contribution in [2.75, 3.05) is 19.0 Å². The van der Waals surface area contributed by atoms with Crippen LogP contribution in [0.15, 0.2) is 30.4 Å². The molecule has 1 aromatic rings. The van der Waals surface area contributed by atoms with Gasteiger partial charge in [-0.2, -0.15) is 0 Å². The predicted molar refractivity (Wildman–Crippen MR) is 84.1 cm³/mol. The Balaban J connectivity index is 1.81. The number of carbonyl (C=O) groups excluding carboxylic acids is 2. The molecule has 6 heteroatoms. The van der Waals surface area contributed by atoms with Crippen molar-refractivity contribution in [2.45, 2.75) is 19.3 Å². The first-order valence-corrected chi connectivity index (χ1v) is 7.42. The molecule has 5 nitrogen and oxygen atoms in total. The van der Waals surface area contributed by atoms with E-state index in [1.807, 2.05) is 6.08 Å². The van der Waals surface area contributed by atoms with Crippen molar-refractivity contribution in [2.24, 2.45) is 5.92 Å². The Morgan fingerprint density at radius 2 is 2.23 bits per heavy atom. The van der Waals surface area contributed by atoms with Gasteiger partial charge in [0.05, 0.1) is 19.2 Å². The van der Waals surface area contributed by atoms with E-state index in [0.29, 0.717) is 22.9 Å². The van der Waals surface area contributed by atoms with Gasteiger partial charge in [0.1, 0.15) is 5.75 Å². The predicted octanol–water partition coefficient (Wildman–Crippen LogP) is 3.19. The molecule has 1 N–H and O–H groups in total. The zero-order valence-corrected chi connectivity index (χ0v) is 13.1. The summed E-state index contributed by atoms with van der Waals surface area (Å²) in [5.74, 6) is -0.0932. The first kappa shape index (κ1) is 16.4. The smallest absolute Gasteiger partial charge is 0.306 e. The molecule has 0 fully saturated rings. The van der Waals surface area contributed by atoms with E-state index in [0.717, 1.165) is 12.8 Å². The quantitative estimate of drug-likeness (QED) is 0.645. The second-order valence-corrected chi connectivity index (χ2v) is 5.46. The number of anilines is 1. The molecule has 22 heavy (non-hydrogen) atoms. The molecule has 0 saturated carbocycles. The zero-order valence-electron chi connectivity index (χ0n) is 12.3. The van der Waals surface area contributed by atoms with Gasteiger partial charge in [-0.3, -0.25) is 9.59 Å². The summed E-state index contributed by atoms with van der Waals surface area (Å²) in [6.07, 6.45) is 6.33. The van der Waals surface area contributed by atoms with Crippen LogP contribution in [0.5, 0.6) is 5.75 Å². The summed E-state index contributed by atoms with van der Waals surface area (Å²) < 4.78 is 10.1. The van der Waals surface area contributed by atoms with Crippen molar-refractivity contribution < 1.29 is 19.1 Å². The van der Waals surface area contributed by atoms with Crippen LogP contribution in [0.25, 0.3) is 0 Å². The Hall–Kier alpha value is -2.01. The Morgan fingerprint density at radius 3 is 2.91 bits per heavy atom. The molecule has 1 amide bonds. The summed E-state index contributed by atoms with van der Waals surface area (Å²) in [7, 11) is 1.49. The lowest BCUT2D eigenvalue weighted by atomic mass is 10.1. The number of benzene rings is 1. The number of hydrogen-bond donors (Lipinski definition) is 1. The van der Waals surface area contributed by atoms with E-state index in [1.54, 1.807) is 18.2 Å². The van der Waals surface area contributed by atoms with Crippen molar-refractivity contribution in [1.29, 1.82) is 0 Å². The maximum Gasteiger partial charge on any atom is 0.306 e. The largest absolute Gasteiger partial charge is 0.495 e. The molecule has 118 valence electrons. The second kappa shape index (κ2) is 7.84. The summed E-state index contributed by atoms with van der Waals surface area (Å²) in [6.45, 7) is -0.328. The highest BCUT2D eigenvalue weighted by molar-refractivity contribution is 6.31. The molecule has 0 spiro atoms. The summed E-state index contributed by atoms with van der Waals surface area (Å²) in [6, 6.07) is 4.88. The molecule has 1 aliphatic rings. The summed E-state index contributed by atoms with van der Waals surface area (Å²) in [4.78, 5) is 23.5. The molecular weight excluding hydrogens is 306 g/mol. The van der Waals surface area contributed by atoms with Crippen LogP contribution >= 0.6 is 11.6 Å². The van der Waals surface area contributed by atoms with Gasteiger partial charge in [-0.15, -0.1) is 0 Å². The fourth-order valence-corrected chi connectivity index (χ4v) is 2.42. The summed E-state index contributed by atoms with van der Waals surface area (Å²) in [5, 5.41) is 3.08. The van der Waals surface area contributed by atoms with E-state index < -0.39 is 5.91 Å². The molecule has 0 unspecified atom stereocenters. The van der Waals surface area contributed by atoms with Gasteiger partial charge in [-0.25, -0.2) is 0 Å². The number of ether oxygens (including phenoxy) is 2. The van der Waals surface area contributed by atoms with E-state index >= 15 is 0 Å². The average Bonchev–Trinajstić information content (AvgIpc) is 2.98. The van der Waals surface area contributed by atoms with E-state index in [4.69, 9.17) is 21.1 Å². The van der Waals surface area contributed by atoms with Crippen LogP contribution in [0.2, 0.25) is 5.02 Å². The lowest BCUT2D eigenvalue weighted by Crippen LogP contribution is -2.21. The van der Waals surface area contributed by atoms with Crippen LogP contribution in [0.3, 0.4) is 0 Å². The number of amides is 1. The molecule has 2 rings (SSSR count). The van der Waals surface area contributed by atoms with Crippen LogP contribution in [-0.4, -0.2) is 25.6 Å². The number of hydrogen-bond acceptors (Lipinski definition) is 4. The number of halogens is 1. The molecule has 0 saturated heterocycles. The minimum atomic E-state index is -0.434. The Kier molecular flexibility index (Phi) is 5.83. The van der Waals surface area contributed by atoms with Crippen molar-refractivity contribution >= 4 is 29.2 Å². The topological polar surface area (TPSA) is 64.6 Å². The van der Waals surface area contributed by atoms with E-state index in [2.05, 4.69) is 11.4 Å². The van der Waals surface area contributed by atoms with Gasteiger partial charge in [-0.1, -0.05) is 23.8 Å². The van der Waals surface area contributed by atoms with Crippen LogP contribution < -0.4 is 10.1 Å². The number of rotatable bonds is 6. The third-order valence-electron chi connectivity index (χ3n) is 3.34. The molecular formula is C16H18ClNO4. The average molecular weight is 324 g/mol. The lowest BCUT2D eigenvalue weighted by Gasteiger charge is -2.11. The number of carbonyl (C=O) groups is 2. The second-order valence-electron chi connectivity index (χ2n) is 5.02. The van der Waals surface area contributed by atoms with Crippen LogP contribution in [0, 0.1) is 5.92 Å². The maximum atomic E-state index is 11.8. The van der Waals surface area contributed by atoms with Gasteiger partial charge < -0.3 is 14.8 Å². The molecule has 1 aliphatic carbocycles. The summed E-state index contributed by atoms with van der Waals surface area (Å²) in [5.41, 5.74) is 0.440. The monoisotopic (exact) mass is 323 g/mol. The number of esters is 1. The third-order valence-corrected chi connectivity index (χ3v) is 3.58. The first-order chi connectivity index (χ1) is 10.6. The molecule has 0 aromatic heterocycles. The molecule has 1 atom stereocenters. The zero-order chi connectivity index (χ0) is 15.9. The number of nitrogens with one attached hydrogen (secondary N) is 1. The van der Waals surface area contributed by atoms with Gasteiger partial charge in [0.25, 0.3) is 5.91 Å². The van der Waals surface area contributed by atoms with Gasteiger partial charge in [0, 0.05) is 5.02 Å². The molecule has 0 aliphatic heterocycles. The Morgan fingerprint density at radius 1 is 1.41 bits per heavy atom. The first-order valence-electron chi connectivity index (χ1n) is 7.04. The van der Waals surface area contributed by atoms with Crippen molar-refractivity contribution in [1.82, 2.24) is 0 Å². The highest BCUT2D eigenvalue weighted by Gasteiger charge is 2.16. The number of allylic oxidation sites excluding steroid dienone is 2. The van der Waals surface area contributed by atoms with Gasteiger partial charge >= 0.3 is 5.97 Å².